The fourth-order valence-electron chi connectivity index (χ4n) is 4.35. The molecule has 2 atom stereocenters. The zero-order valence-corrected chi connectivity index (χ0v) is 20.6. The highest BCUT2D eigenvalue weighted by molar-refractivity contribution is 8.04. The number of halogens is 5. The van der Waals surface area contributed by atoms with E-state index in [1.165, 1.54) is 23.9 Å². The Hall–Kier alpha value is -2.15. The molecule has 5 N–H and O–H groups in total. The van der Waals surface area contributed by atoms with E-state index in [0.29, 0.717) is 51.2 Å². The Balaban J connectivity index is 1.62. The van der Waals surface area contributed by atoms with E-state index in [9.17, 15) is 13.2 Å². The first kappa shape index (κ1) is 24.5. The zero-order chi connectivity index (χ0) is 24.9. The van der Waals surface area contributed by atoms with Crippen molar-refractivity contribution in [2.45, 2.75) is 17.8 Å². The molecule has 13 heteroatoms. The molecule has 3 aliphatic heterocycles. The van der Waals surface area contributed by atoms with E-state index in [1.807, 2.05) is 0 Å². The number of anilines is 2. The van der Waals surface area contributed by atoms with Gasteiger partial charge in [0.2, 0.25) is 5.96 Å². The van der Waals surface area contributed by atoms with Crippen molar-refractivity contribution in [2.75, 3.05) is 36.0 Å². The summed E-state index contributed by atoms with van der Waals surface area (Å²) < 4.78 is 39.6. The van der Waals surface area contributed by atoms with E-state index >= 15 is 0 Å². The SMILES string of the molecule is NC1SC2=C(C(N)N(c3ccc(C(F)(F)F)cc3)C(N3CCNCC3)=N2)N1c1c(Cl)cccc1Cl. The summed E-state index contributed by atoms with van der Waals surface area (Å²) in [6, 6.07) is 10.0. The molecule has 0 saturated carbocycles. The number of rotatable bonds is 2. The number of para-hydroxylation sites is 1. The monoisotopic (exact) mass is 543 g/mol. The molecule has 35 heavy (non-hydrogen) atoms. The molecule has 5 rings (SSSR count). The summed E-state index contributed by atoms with van der Waals surface area (Å²) in [4.78, 5) is 10.5. The van der Waals surface area contributed by atoms with Crippen molar-refractivity contribution in [3.05, 3.63) is 68.8 Å². The number of benzene rings is 2. The number of hydrogen-bond donors (Lipinski definition) is 3. The molecule has 1 saturated heterocycles. The summed E-state index contributed by atoms with van der Waals surface area (Å²) in [7, 11) is 0. The molecular weight excluding hydrogens is 522 g/mol. The van der Waals surface area contributed by atoms with Gasteiger partial charge < -0.3 is 26.6 Å². The molecule has 0 radical (unpaired) electrons. The average Bonchev–Trinajstić information content (AvgIpc) is 3.15. The van der Waals surface area contributed by atoms with Gasteiger partial charge in [-0.3, -0.25) is 4.90 Å². The Kier molecular flexibility index (Phi) is 6.58. The number of guanidine groups is 1. The molecule has 3 heterocycles. The van der Waals surface area contributed by atoms with Gasteiger partial charge in [-0.15, -0.1) is 0 Å². The Morgan fingerprint density at radius 3 is 2.20 bits per heavy atom. The molecular formula is C22H22Cl2F3N7S. The Morgan fingerprint density at radius 2 is 1.60 bits per heavy atom. The van der Waals surface area contributed by atoms with Crippen molar-refractivity contribution >= 4 is 52.3 Å². The summed E-state index contributed by atoms with van der Waals surface area (Å²) in [5.74, 6) is 0.560. The second-order valence-electron chi connectivity index (χ2n) is 8.15. The highest BCUT2D eigenvalue weighted by Crippen LogP contribution is 2.48. The van der Waals surface area contributed by atoms with Crippen LogP contribution in [0.3, 0.4) is 0 Å². The summed E-state index contributed by atoms with van der Waals surface area (Å²) in [6.07, 6.45) is -5.25. The molecule has 0 spiro atoms. The summed E-state index contributed by atoms with van der Waals surface area (Å²) in [5.41, 5.74) is 13.5. The van der Waals surface area contributed by atoms with E-state index in [2.05, 4.69) is 10.2 Å². The van der Waals surface area contributed by atoms with Gasteiger partial charge in [-0.25, -0.2) is 4.99 Å². The van der Waals surface area contributed by atoms with Gasteiger partial charge >= 0.3 is 6.18 Å². The lowest BCUT2D eigenvalue weighted by Crippen LogP contribution is -2.60. The third-order valence-corrected chi connectivity index (χ3v) is 7.58. The van der Waals surface area contributed by atoms with Crippen LogP contribution in [0.15, 0.2) is 58.2 Å². The smallest absolute Gasteiger partial charge is 0.340 e. The third-order valence-electron chi connectivity index (χ3n) is 5.99. The minimum Gasteiger partial charge on any atom is -0.340 e. The summed E-state index contributed by atoms with van der Waals surface area (Å²) >= 11 is 14.3. The topological polar surface area (TPSA) is 86.1 Å². The Labute approximate surface area is 214 Å². The van der Waals surface area contributed by atoms with Crippen molar-refractivity contribution in [1.29, 1.82) is 0 Å². The number of nitrogens with two attached hydrogens (primary N) is 2. The fourth-order valence-corrected chi connectivity index (χ4v) is 5.96. The lowest BCUT2D eigenvalue weighted by molar-refractivity contribution is -0.137. The van der Waals surface area contributed by atoms with Gasteiger partial charge in [0.15, 0.2) is 0 Å². The number of alkyl halides is 3. The van der Waals surface area contributed by atoms with Crippen LogP contribution in [0.4, 0.5) is 24.5 Å². The molecule has 2 unspecified atom stereocenters. The largest absolute Gasteiger partial charge is 0.416 e. The second-order valence-corrected chi connectivity index (χ2v) is 10.1. The normalized spacial score (nSPS) is 23.1. The quantitative estimate of drug-likeness (QED) is 0.526. The highest BCUT2D eigenvalue weighted by atomic mass is 35.5. The van der Waals surface area contributed by atoms with Crippen LogP contribution < -0.4 is 26.6 Å². The molecule has 1 fully saturated rings. The fraction of sp³-hybridized carbons (Fsp3) is 0.318. The van der Waals surface area contributed by atoms with Gasteiger partial charge in [-0.05, 0) is 36.4 Å². The highest BCUT2D eigenvalue weighted by Gasteiger charge is 2.44. The molecule has 7 nitrogen and oxygen atoms in total. The Bertz CT molecular complexity index is 1160. The van der Waals surface area contributed by atoms with Crippen LogP contribution in [0.5, 0.6) is 0 Å². The van der Waals surface area contributed by atoms with Gasteiger partial charge in [-0.2, -0.15) is 13.2 Å². The van der Waals surface area contributed by atoms with Crippen LogP contribution in [0.1, 0.15) is 5.56 Å². The van der Waals surface area contributed by atoms with Crippen molar-refractivity contribution in [2.24, 2.45) is 16.5 Å². The molecule has 0 amide bonds. The molecule has 2 aromatic carbocycles. The van der Waals surface area contributed by atoms with E-state index in [-0.39, 0.29) is 0 Å². The van der Waals surface area contributed by atoms with Crippen LogP contribution in [-0.4, -0.2) is 48.7 Å². The first-order valence-corrected chi connectivity index (χ1v) is 12.5. The van der Waals surface area contributed by atoms with E-state index in [1.54, 1.807) is 28.0 Å². The molecule has 0 bridgehead atoms. The van der Waals surface area contributed by atoms with E-state index in [4.69, 9.17) is 39.7 Å². The number of aliphatic imine (C=N–C) groups is 1. The minimum absolute atomic E-state index is 0.396. The molecule has 3 aliphatic rings. The zero-order valence-electron chi connectivity index (χ0n) is 18.3. The minimum atomic E-state index is -4.44. The van der Waals surface area contributed by atoms with Crippen molar-refractivity contribution in [3.63, 3.8) is 0 Å². The predicted octanol–water partition coefficient (Wildman–Crippen LogP) is 4.04. The van der Waals surface area contributed by atoms with Gasteiger partial charge in [0.05, 0.1) is 27.0 Å². The number of nitrogens with one attached hydrogen (secondary N) is 1. The van der Waals surface area contributed by atoms with Crippen molar-refractivity contribution < 1.29 is 13.2 Å². The third kappa shape index (κ3) is 4.45. The van der Waals surface area contributed by atoms with Crippen molar-refractivity contribution in [3.8, 4) is 0 Å². The first-order chi connectivity index (χ1) is 16.7. The average molecular weight is 544 g/mol. The van der Waals surface area contributed by atoms with Crippen LogP contribution in [0.25, 0.3) is 0 Å². The number of nitrogens with zero attached hydrogens (tertiary/aromatic N) is 4. The van der Waals surface area contributed by atoms with E-state index in [0.717, 1.165) is 25.2 Å². The predicted molar refractivity (Wildman–Crippen MR) is 135 cm³/mol. The first-order valence-electron chi connectivity index (χ1n) is 10.8. The van der Waals surface area contributed by atoms with E-state index < -0.39 is 23.4 Å². The maximum atomic E-state index is 13.2. The van der Waals surface area contributed by atoms with Crippen LogP contribution in [0.2, 0.25) is 10.0 Å². The molecule has 0 aliphatic carbocycles. The van der Waals surface area contributed by atoms with Crippen molar-refractivity contribution in [1.82, 2.24) is 10.2 Å². The second kappa shape index (κ2) is 9.38. The van der Waals surface area contributed by atoms with Gasteiger partial charge in [0.1, 0.15) is 16.7 Å². The van der Waals surface area contributed by atoms with Crippen LogP contribution in [-0.2, 0) is 6.18 Å². The molecule has 2 aromatic rings. The molecule has 0 aromatic heterocycles. The maximum Gasteiger partial charge on any atom is 0.416 e. The van der Waals surface area contributed by atoms with Gasteiger partial charge in [0.25, 0.3) is 0 Å². The van der Waals surface area contributed by atoms with Gasteiger partial charge in [-0.1, -0.05) is 41.0 Å². The lowest BCUT2D eigenvalue weighted by atomic mass is 10.1. The lowest BCUT2D eigenvalue weighted by Gasteiger charge is -2.43. The number of thioether (sulfide) groups is 1. The Morgan fingerprint density at radius 1 is 0.971 bits per heavy atom. The van der Waals surface area contributed by atoms with Crippen LogP contribution in [0, 0.1) is 0 Å². The standard InChI is InChI=1S/C22H22Cl2F3N7S/c23-14-2-1-3-15(24)16(14)34-17-18(28)33(13-6-4-12(5-7-13)22(25,26)27)21(31-19(17)35-20(34)29)32-10-8-30-9-11-32/h1-7,18,20,30H,8-11,28-29H2. The summed E-state index contributed by atoms with van der Waals surface area (Å²) in [5, 5.41) is 4.71. The number of hydrogen-bond acceptors (Lipinski definition) is 8. The van der Waals surface area contributed by atoms with Gasteiger partial charge in [0, 0.05) is 31.9 Å². The molecule has 186 valence electrons. The number of piperazine rings is 1. The van der Waals surface area contributed by atoms with Crippen LogP contribution >= 0.6 is 35.0 Å². The maximum absolute atomic E-state index is 13.2. The summed E-state index contributed by atoms with van der Waals surface area (Å²) in [6.45, 7) is 2.83.